The Hall–Kier alpha value is -1.02. The minimum absolute atomic E-state index is 0.156. The van der Waals surface area contributed by atoms with Gasteiger partial charge in [-0.1, -0.05) is 6.07 Å². The largest absolute Gasteiger partial charge is 0.493 e. The molecule has 2 N–H and O–H groups in total. The quantitative estimate of drug-likeness (QED) is 0.658. The van der Waals surface area contributed by atoms with Gasteiger partial charge in [-0.2, -0.15) is 0 Å². The van der Waals surface area contributed by atoms with Crippen molar-refractivity contribution in [1.29, 1.82) is 0 Å². The maximum absolute atomic E-state index is 5.99. The number of nitrogens with two attached hydrogens (primary N) is 1. The summed E-state index contributed by atoms with van der Waals surface area (Å²) in [5.41, 5.74) is 9.71. The van der Waals surface area contributed by atoms with Gasteiger partial charge in [-0.25, -0.2) is 0 Å². The third-order valence-corrected chi connectivity index (χ3v) is 2.71. The summed E-state index contributed by atoms with van der Waals surface area (Å²) in [5, 5.41) is 0. The Morgan fingerprint density at radius 3 is 2.77 bits per heavy atom. The van der Waals surface area contributed by atoms with Crippen molar-refractivity contribution in [2.45, 2.75) is 26.3 Å². The average molecular weight is 177 g/mol. The molecule has 0 amide bonds. The zero-order valence-corrected chi connectivity index (χ0v) is 8.13. The number of fused-ring (bicyclic) bond motifs is 1. The first kappa shape index (κ1) is 8.57. The van der Waals surface area contributed by atoms with Crippen LogP contribution in [0.1, 0.15) is 29.2 Å². The Morgan fingerprint density at radius 2 is 2.00 bits per heavy atom. The highest BCUT2D eigenvalue weighted by atomic mass is 16.5. The van der Waals surface area contributed by atoms with Crippen LogP contribution in [0.4, 0.5) is 0 Å². The van der Waals surface area contributed by atoms with Crippen molar-refractivity contribution in [3.63, 3.8) is 0 Å². The van der Waals surface area contributed by atoms with Gasteiger partial charge in [0, 0.05) is 18.0 Å². The van der Waals surface area contributed by atoms with Gasteiger partial charge in [-0.05, 0) is 31.0 Å². The molecule has 1 aromatic carbocycles. The molecule has 70 valence electrons. The monoisotopic (exact) mass is 177 g/mol. The molecule has 1 atom stereocenters. The van der Waals surface area contributed by atoms with Gasteiger partial charge in [0.1, 0.15) is 5.75 Å². The normalized spacial score (nSPS) is 20.7. The number of hydrogen-bond acceptors (Lipinski definition) is 2. The molecule has 1 aliphatic rings. The summed E-state index contributed by atoms with van der Waals surface area (Å²) >= 11 is 0. The molecule has 1 aliphatic heterocycles. The molecule has 0 bridgehead atoms. The summed E-state index contributed by atoms with van der Waals surface area (Å²) in [6.07, 6.45) is 0.926. The summed E-state index contributed by atoms with van der Waals surface area (Å²) in [4.78, 5) is 0. The van der Waals surface area contributed by atoms with E-state index in [1.54, 1.807) is 0 Å². The lowest BCUT2D eigenvalue weighted by Gasteiger charge is -2.24. The van der Waals surface area contributed by atoms with Crippen LogP contribution in [0.2, 0.25) is 0 Å². The number of rotatable bonds is 0. The van der Waals surface area contributed by atoms with Crippen LogP contribution in [0.15, 0.2) is 12.1 Å². The SMILES string of the molecule is Cc1cc2c(cc1C)[C@H](N)CCO2. The van der Waals surface area contributed by atoms with E-state index in [1.807, 2.05) is 0 Å². The van der Waals surface area contributed by atoms with E-state index in [0.29, 0.717) is 0 Å². The molecule has 0 aromatic heterocycles. The molecular weight excluding hydrogens is 162 g/mol. The summed E-state index contributed by atoms with van der Waals surface area (Å²) in [6.45, 7) is 4.95. The fourth-order valence-corrected chi connectivity index (χ4v) is 1.68. The van der Waals surface area contributed by atoms with E-state index in [-0.39, 0.29) is 6.04 Å². The van der Waals surface area contributed by atoms with Gasteiger partial charge < -0.3 is 10.5 Å². The van der Waals surface area contributed by atoms with Gasteiger partial charge in [0.2, 0.25) is 0 Å². The molecule has 13 heavy (non-hydrogen) atoms. The molecule has 0 unspecified atom stereocenters. The van der Waals surface area contributed by atoms with Crippen molar-refractivity contribution in [3.8, 4) is 5.75 Å². The standard InChI is InChI=1S/C11H15NO/c1-7-5-9-10(12)3-4-13-11(9)6-8(7)2/h5-6,10H,3-4,12H2,1-2H3/t10-/m1/s1. The van der Waals surface area contributed by atoms with Gasteiger partial charge in [0.25, 0.3) is 0 Å². The highest BCUT2D eigenvalue weighted by Crippen LogP contribution is 2.32. The minimum atomic E-state index is 0.156. The molecule has 2 heteroatoms. The van der Waals surface area contributed by atoms with Crippen molar-refractivity contribution in [2.75, 3.05) is 6.61 Å². The zero-order chi connectivity index (χ0) is 9.42. The van der Waals surface area contributed by atoms with Crippen molar-refractivity contribution < 1.29 is 4.74 Å². The van der Waals surface area contributed by atoms with Crippen molar-refractivity contribution >= 4 is 0 Å². The number of ether oxygens (including phenoxy) is 1. The Kier molecular flexibility index (Phi) is 2.00. The predicted octanol–water partition coefficient (Wildman–Crippen LogP) is 2.09. The highest BCUT2D eigenvalue weighted by Gasteiger charge is 2.18. The molecule has 2 nitrogen and oxygen atoms in total. The van der Waals surface area contributed by atoms with Gasteiger partial charge >= 0.3 is 0 Å². The first-order valence-electron chi connectivity index (χ1n) is 4.68. The molecule has 0 aliphatic carbocycles. The second kappa shape index (κ2) is 3.04. The van der Waals surface area contributed by atoms with E-state index < -0.39 is 0 Å². The first-order chi connectivity index (χ1) is 6.18. The van der Waals surface area contributed by atoms with Crippen molar-refractivity contribution in [3.05, 3.63) is 28.8 Å². The molecule has 1 heterocycles. The van der Waals surface area contributed by atoms with Crippen LogP contribution in [0.3, 0.4) is 0 Å². The summed E-state index contributed by atoms with van der Waals surface area (Å²) in [5.74, 6) is 0.974. The summed E-state index contributed by atoms with van der Waals surface area (Å²) in [7, 11) is 0. The summed E-state index contributed by atoms with van der Waals surface area (Å²) in [6, 6.07) is 4.39. The number of benzene rings is 1. The van der Waals surface area contributed by atoms with Crippen molar-refractivity contribution in [1.82, 2.24) is 0 Å². The Morgan fingerprint density at radius 1 is 1.31 bits per heavy atom. The predicted molar refractivity (Wildman–Crippen MR) is 53.0 cm³/mol. The second-order valence-corrected chi connectivity index (χ2v) is 3.72. The van der Waals surface area contributed by atoms with E-state index in [4.69, 9.17) is 10.5 Å². The maximum atomic E-state index is 5.99. The number of aryl methyl sites for hydroxylation is 2. The highest BCUT2D eigenvalue weighted by molar-refractivity contribution is 5.44. The Labute approximate surface area is 78.7 Å². The molecule has 0 saturated heterocycles. The van der Waals surface area contributed by atoms with E-state index in [0.717, 1.165) is 24.3 Å². The maximum Gasteiger partial charge on any atom is 0.124 e. The van der Waals surface area contributed by atoms with Crippen LogP contribution in [-0.4, -0.2) is 6.61 Å². The molecule has 0 radical (unpaired) electrons. The third kappa shape index (κ3) is 1.42. The Balaban J connectivity index is 2.52. The van der Waals surface area contributed by atoms with E-state index in [2.05, 4.69) is 26.0 Å². The third-order valence-electron chi connectivity index (χ3n) is 2.71. The van der Waals surface area contributed by atoms with Crippen LogP contribution in [-0.2, 0) is 0 Å². The fraction of sp³-hybridized carbons (Fsp3) is 0.455. The van der Waals surface area contributed by atoms with Gasteiger partial charge in [0.05, 0.1) is 6.61 Å². The molecule has 0 saturated carbocycles. The molecule has 1 aromatic rings. The average Bonchev–Trinajstić information content (AvgIpc) is 2.09. The molecular formula is C11H15NO. The molecule has 0 fully saturated rings. The fourth-order valence-electron chi connectivity index (χ4n) is 1.68. The lowest BCUT2D eigenvalue weighted by Crippen LogP contribution is -2.20. The van der Waals surface area contributed by atoms with E-state index >= 15 is 0 Å². The van der Waals surface area contributed by atoms with Crippen LogP contribution in [0.25, 0.3) is 0 Å². The van der Waals surface area contributed by atoms with Gasteiger partial charge in [-0.3, -0.25) is 0 Å². The number of hydrogen-bond donors (Lipinski definition) is 1. The first-order valence-corrected chi connectivity index (χ1v) is 4.68. The molecule has 2 rings (SSSR count). The minimum Gasteiger partial charge on any atom is -0.493 e. The second-order valence-electron chi connectivity index (χ2n) is 3.72. The topological polar surface area (TPSA) is 35.2 Å². The van der Waals surface area contributed by atoms with Crippen LogP contribution in [0.5, 0.6) is 5.75 Å². The van der Waals surface area contributed by atoms with E-state index in [9.17, 15) is 0 Å². The molecule has 0 spiro atoms. The van der Waals surface area contributed by atoms with Gasteiger partial charge in [-0.15, -0.1) is 0 Å². The van der Waals surface area contributed by atoms with Crippen LogP contribution >= 0.6 is 0 Å². The Bertz CT molecular complexity index is 333. The van der Waals surface area contributed by atoms with Crippen LogP contribution < -0.4 is 10.5 Å². The van der Waals surface area contributed by atoms with Crippen molar-refractivity contribution in [2.24, 2.45) is 5.73 Å². The van der Waals surface area contributed by atoms with Crippen LogP contribution in [0, 0.1) is 13.8 Å². The van der Waals surface area contributed by atoms with Gasteiger partial charge in [0.15, 0.2) is 0 Å². The van der Waals surface area contributed by atoms with E-state index in [1.165, 1.54) is 11.1 Å². The lowest BCUT2D eigenvalue weighted by molar-refractivity contribution is 0.268. The summed E-state index contributed by atoms with van der Waals surface area (Å²) < 4.78 is 5.55. The zero-order valence-electron chi connectivity index (χ0n) is 8.13. The lowest BCUT2D eigenvalue weighted by atomic mass is 9.97. The smallest absolute Gasteiger partial charge is 0.124 e.